The highest BCUT2D eigenvalue weighted by molar-refractivity contribution is 5.44. The van der Waals surface area contributed by atoms with Crippen LogP contribution in [0.4, 0.5) is 0 Å². The van der Waals surface area contributed by atoms with Crippen LogP contribution in [0.5, 0.6) is 11.5 Å². The quantitative estimate of drug-likeness (QED) is 0.811. The second-order valence-electron chi connectivity index (χ2n) is 9.04. The van der Waals surface area contributed by atoms with Crippen LogP contribution in [-0.2, 0) is 11.3 Å². The van der Waals surface area contributed by atoms with Crippen molar-refractivity contribution in [2.24, 2.45) is 11.3 Å². The molecule has 0 aromatic heterocycles. The second kappa shape index (κ2) is 7.61. The van der Waals surface area contributed by atoms with Gasteiger partial charge in [-0.1, -0.05) is 6.07 Å². The fourth-order valence-corrected chi connectivity index (χ4v) is 5.55. The average molecular weight is 373 g/mol. The number of benzene rings is 1. The van der Waals surface area contributed by atoms with Crippen molar-refractivity contribution in [3.63, 3.8) is 0 Å². The van der Waals surface area contributed by atoms with Gasteiger partial charge in [-0.25, -0.2) is 0 Å². The molecule has 0 radical (unpaired) electrons. The van der Waals surface area contributed by atoms with Gasteiger partial charge in [-0.15, -0.1) is 0 Å². The highest BCUT2D eigenvalue weighted by atomic mass is 16.7. The third-order valence-electron chi connectivity index (χ3n) is 6.96. The van der Waals surface area contributed by atoms with Crippen molar-refractivity contribution >= 4 is 0 Å². The smallest absolute Gasteiger partial charge is 0.231 e. The molecule has 3 fully saturated rings. The van der Waals surface area contributed by atoms with Crippen LogP contribution in [-0.4, -0.2) is 62.5 Å². The molecule has 0 aliphatic carbocycles. The zero-order chi connectivity index (χ0) is 18.1. The molecule has 0 bridgehead atoms. The van der Waals surface area contributed by atoms with Crippen LogP contribution in [0.25, 0.3) is 0 Å². The Morgan fingerprint density at radius 2 is 1.81 bits per heavy atom. The predicted molar refractivity (Wildman–Crippen MR) is 104 cm³/mol. The molecular weight excluding hydrogens is 340 g/mol. The van der Waals surface area contributed by atoms with Gasteiger partial charge in [0.2, 0.25) is 6.79 Å². The van der Waals surface area contributed by atoms with E-state index in [0.717, 1.165) is 37.2 Å². The highest BCUT2D eigenvalue weighted by Crippen LogP contribution is 2.40. The van der Waals surface area contributed by atoms with Gasteiger partial charge in [0.1, 0.15) is 0 Å². The molecule has 1 aromatic carbocycles. The molecule has 3 saturated heterocycles. The molecule has 4 aliphatic heterocycles. The van der Waals surface area contributed by atoms with Crippen LogP contribution in [0.3, 0.4) is 0 Å². The molecule has 0 saturated carbocycles. The van der Waals surface area contributed by atoms with Crippen LogP contribution in [0.2, 0.25) is 0 Å². The standard InChI is InChI=1S/C22H32N2O3/c1-6-22(15-23(8-1)13-18-4-10-25-11-5-18)7-9-24(16-22)14-19-2-3-20-21(12-19)27-17-26-20/h2-3,12,18H,1,4-11,13-17H2/t22-/m1/s1. The van der Waals surface area contributed by atoms with Gasteiger partial charge >= 0.3 is 0 Å². The molecular formula is C22H32N2O3. The van der Waals surface area contributed by atoms with Crippen LogP contribution in [0.15, 0.2) is 18.2 Å². The van der Waals surface area contributed by atoms with E-state index in [9.17, 15) is 0 Å². The molecule has 0 N–H and O–H groups in total. The highest BCUT2D eigenvalue weighted by Gasteiger charge is 2.41. The van der Waals surface area contributed by atoms with E-state index in [1.54, 1.807) is 0 Å². The Kier molecular flexibility index (Phi) is 5.01. The van der Waals surface area contributed by atoms with Crippen LogP contribution in [0.1, 0.15) is 37.7 Å². The van der Waals surface area contributed by atoms with E-state index < -0.39 is 0 Å². The van der Waals surface area contributed by atoms with Gasteiger partial charge in [0.05, 0.1) is 0 Å². The number of hydrogen-bond donors (Lipinski definition) is 0. The number of ether oxygens (including phenoxy) is 3. The number of fused-ring (bicyclic) bond motifs is 1. The number of hydrogen-bond acceptors (Lipinski definition) is 5. The second-order valence-corrected chi connectivity index (χ2v) is 9.04. The Morgan fingerprint density at radius 1 is 0.963 bits per heavy atom. The summed E-state index contributed by atoms with van der Waals surface area (Å²) in [6.07, 6.45) is 6.61. The van der Waals surface area contributed by atoms with Crippen molar-refractivity contribution in [3.8, 4) is 11.5 Å². The predicted octanol–water partition coefficient (Wildman–Crippen LogP) is 3.13. The molecule has 5 rings (SSSR count). The van der Waals surface area contributed by atoms with Gasteiger partial charge in [0.15, 0.2) is 11.5 Å². The summed E-state index contributed by atoms with van der Waals surface area (Å²) in [6, 6.07) is 6.40. The Labute approximate surface area is 162 Å². The molecule has 1 spiro atoms. The lowest BCUT2D eigenvalue weighted by atomic mass is 9.79. The van der Waals surface area contributed by atoms with Gasteiger partial charge in [-0.3, -0.25) is 4.90 Å². The first-order valence-electron chi connectivity index (χ1n) is 10.7. The SMILES string of the molecule is c1cc2c(cc1CN1CC[C@@]3(CCCN(CC4CCOCC4)C3)C1)OCO2. The lowest BCUT2D eigenvalue weighted by molar-refractivity contribution is 0.0312. The molecule has 4 heterocycles. The normalized spacial score (nSPS) is 29.6. The number of likely N-dealkylation sites (tertiary alicyclic amines) is 2. The monoisotopic (exact) mass is 372 g/mol. The van der Waals surface area contributed by atoms with Crippen LogP contribution in [0, 0.1) is 11.3 Å². The maximum atomic E-state index is 5.54. The summed E-state index contributed by atoms with van der Waals surface area (Å²) >= 11 is 0. The fourth-order valence-electron chi connectivity index (χ4n) is 5.55. The third-order valence-corrected chi connectivity index (χ3v) is 6.96. The zero-order valence-corrected chi connectivity index (χ0v) is 16.3. The van der Waals surface area contributed by atoms with Gasteiger partial charge in [0.25, 0.3) is 0 Å². The van der Waals surface area contributed by atoms with Gasteiger partial charge in [-0.05, 0) is 74.2 Å². The lowest BCUT2D eigenvalue weighted by Gasteiger charge is -2.42. The summed E-state index contributed by atoms with van der Waals surface area (Å²) in [6.45, 7) is 9.65. The minimum Gasteiger partial charge on any atom is -0.454 e. The minimum absolute atomic E-state index is 0.356. The van der Waals surface area contributed by atoms with Gasteiger partial charge < -0.3 is 19.1 Å². The Bertz CT molecular complexity index is 661. The molecule has 4 aliphatic rings. The van der Waals surface area contributed by atoms with Crippen molar-refractivity contribution in [1.82, 2.24) is 9.80 Å². The molecule has 5 nitrogen and oxygen atoms in total. The van der Waals surface area contributed by atoms with E-state index in [4.69, 9.17) is 14.2 Å². The number of piperidine rings is 1. The summed E-state index contributed by atoms with van der Waals surface area (Å²) < 4.78 is 16.5. The number of nitrogens with zero attached hydrogens (tertiary/aromatic N) is 2. The summed E-state index contributed by atoms with van der Waals surface area (Å²) in [5.74, 6) is 2.63. The van der Waals surface area contributed by atoms with Crippen molar-refractivity contribution in [3.05, 3.63) is 23.8 Å². The Morgan fingerprint density at radius 3 is 2.74 bits per heavy atom. The maximum absolute atomic E-state index is 5.54. The van der Waals surface area contributed by atoms with Gasteiger partial charge in [0, 0.05) is 39.4 Å². The van der Waals surface area contributed by atoms with Crippen molar-refractivity contribution in [1.29, 1.82) is 0 Å². The van der Waals surface area contributed by atoms with E-state index >= 15 is 0 Å². The molecule has 0 unspecified atom stereocenters. The van der Waals surface area contributed by atoms with Crippen LogP contribution < -0.4 is 9.47 Å². The lowest BCUT2D eigenvalue weighted by Crippen LogP contribution is -2.46. The van der Waals surface area contributed by atoms with E-state index in [-0.39, 0.29) is 0 Å². The third kappa shape index (κ3) is 3.96. The first kappa shape index (κ1) is 17.8. The summed E-state index contributed by atoms with van der Waals surface area (Å²) in [7, 11) is 0. The first-order chi connectivity index (χ1) is 13.3. The van der Waals surface area contributed by atoms with Crippen molar-refractivity contribution in [2.45, 2.75) is 38.6 Å². The molecule has 1 atom stereocenters. The summed E-state index contributed by atoms with van der Waals surface area (Å²) in [5.41, 5.74) is 1.85. The molecule has 27 heavy (non-hydrogen) atoms. The zero-order valence-electron chi connectivity index (χ0n) is 16.3. The Hall–Kier alpha value is -1.30. The fraction of sp³-hybridized carbons (Fsp3) is 0.727. The molecule has 148 valence electrons. The average Bonchev–Trinajstić information content (AvgIpc) is 3.30. The topological polar surface area (TPSA) is 34.2 Å². The minimum atomic E-state index is 0.356. The largest absolute Gasteiger partial charge is 0.454 e. The first-order valence-corrected chi connectivity index (χ1v) is 10.7. The summed E-state index contributed by atoms with van der Waals surface area (Å²) in [5, 5.41) is 0. The van der Waals surface area contributed by atoms with E-state index in [2.05, 4.69) is 28.0 Å². The molecule has 5 heteroatoms. The number of rotatable bonds is 4. The summed E-state index contributed by atoms with van der Waals surface area (Å²) in [4.78, 5) is 5.42. The van der Waals surface area contributed by atoms with E-state index in [0.29, 0.717) is 12.2 Å². The van der Waals surface area contributed by atoms with Crippen molar-refractivity contribution in [2.75, 3.05) is 52.7 Å². The van der Waals surface area contributed by atoms with E-state index in [1.807, 2.05) is 0 Å². The Balaban J connectivity index is 1.18. The maximum Gasteiger partial charge on any atom is 0.231 e. The van der Waals surface area contributed by atoms with Crippen molar-refractivity contribution < 1.29 is 14.2 Å². The van der Waals surface area contributed by atoms with Gasteiger partial charge in [-0.2, -0.15) is 0 Å². The molecule has 0 amide bonds. The van der Waals surface area contributed by atoms with E-state index in [1.165, 1.54) is 70.4 Å². The molecule has 1 aromatic rings. The van der Waals surface area contributed by atoms with Crippen LogP contribution >= 0.6 is 0 Å².